The van der Waals surface area contributed by atoms with E-state index in [1.807, 2.05) is 30.3 Å². The van der Waals surface area contributed by atoms with E-state index >= 15 is 0 Å². The summed E-state index contributed by atoms with van der Waals surface area (Å²) in [6.45, 7) is 0. The molecule has 5 nitrogen and oxygen atoms in total. The summed E-state index contributed by atoms with van der Waals surface area (Å²) in [6.07, 6.45) is 4.19. The van der Waals surface area contributed by atoms with Gasteiger partial charge in [-0.15, -0.1) is 10.2 Å². The maximum absolute atomic E-state index is 10.8. The zero-order valence-electron chi connectivity index (χ0n) is 8.82. The van der Waals surface area contributed by atoms with Crippen molar-refractivity contribution in [2.75, 3.05) is 0 Å². The van der Waals surface area contributed by atoms with Gasteiger partial charge in [0.15, 0.2) is 6.29 Å². The number of aromatic nitrogens is 4. The van der Waals surface area contributed by atoms with Crippen LogP contribution in [0.1, 0.15) is 10.6 Å². The number of carbonyl (C=O) groups excluding carboxylic acids is 1. The van der Waals surface area contributed by atoms with Crippen LogP contribution in [0.3, 0.4) is 0 Å². The van der Waals surface area contributed by atoms with E-state index in [4.69, 9.17) is 0 Å². The largest absolute Gasteiger partial charge is 0.294 e. The Balaban J connectivity index is 2.22. The van der Waals surface area contributed by atoms with Gasteiger partial charge in [0, 0.05) is 18.0 Å². The minimum Gasteiger partial charge on any atom is -0.294 e. The Morgan fingerprint density at radius 1 is 1.06 bits per heavy atom. The third-order valence-corrected chi connectivity index (χ3v) is 2.50. The Labute approximate surface area is 96.8 Å². The van der Waals surface area contributed by atoms with E-state index in [9.17, 15) is 4.79 Å². The average Bonchev–Trinajstić information content (AvgIpc) is 2.81. The molecule has 0 radical (unpaired) electrons. The van der Waals surface area contributed by atoms with E-state index in [2.05, 4.69) is 15.2 Å². The Morgan fingerprint density at radius 2 is 1.88 bits per heavy atom. The summed E-state index contributed by atoms with van der Waals surface area (Å²) in [5, 5.41) is 7.53. The first kappa shape index (κ1) is 9.65. The second-order valence-electron chi connectivity index (χ2n) is 3.55. The first-order valence-electron chi connectivity index (χ1n) is 5.10. The number of rotatable bonds is 2. The Bertz CT molecular complexity index is 675. The molecule has 0 aliphatic carbocycles. The second-order valence-corrected chi connectivity index (χ2v) is 3.55. The van der Waals surface area contributed by atoms with Gasteiger partial charge < -0.3 is 0 Å². The van der Waals surface area contributed by atoms with Gasteiger partial charge in [0.1, 0.15) is 0 Å². The van der Waals surface area contributed by atoms with E-state index in [1.54, 1.807) is 16.8 Å². The topological polar surface area (TPSA) is 60.2 Å². The van der Waals surface area contributed by atoms with Crippen molar-refractivity contribution in [2.45, 2.75) is 0 Å². The van der Waals surface area contributed by atoms with Crippen LogP contribution < -0.4 is 0 Å². The summed E-state index contributed by atoms with van der Waals surface area (Å²) in [6, 6.07) is 9.81. The molecule has 0 bridgehead atoms. The highest BCUT2D eigenvalue weighted by atomic mass is 16.1. The minimum absolute atomic E-state index is 0.255. The maximum atomic E-state index is 10.8. The van der Waals surface area contributed by atoms with Crippen LogP contribution in [0.25, 0.3) is 16.9 Å². The van der Waals surface area contributed by atoms with Crippen molar-refractivity contribution in [1.82, 2.24) is 19.6 Å². The number of fused-ring (bicyclic) bond motifs is 1. The number of nitrogens with zero attached hydrogens (tertiary/aromatic N) is 4. The van der Waals surface area contributed by atoms with Gasteiger partial charge in [0.2, 0.25) is 5.82 Å². The molecule has 0 saturated heterocycles. The van der Waals surface area contributed by atoms with Crippen molar-refractivity contribution in [3.63, 3.8) is 0 Å². The predicted molar refractivity (Wildman–Crippen MR) is 61.6 cm³/mol. The van der Waals surface area contributed by atoms with Gasteiger partial charge >= 0.3 is 0 Å². The fourth-order valence-corrected chi connectivity index (χ4v) is 1.67. The lowest BCUT2D eigenvalue weighted by molar-refractivity contribution is 0.111. The Kier molecular flexibility index (Phi) is 2.15. The van der Waals surface area contributed by atoms with Gasteiger partial charge in [0.05, 0.1) is 0 Å². The van der Waals surface area contributed by atoms with Crippen LogP contribution in [0.15, 0.2) is 42.7 Å². The molecule has 0 saturated carbocycles. The van der Waals surface area contributed by atoms with Gasteiger partial charge in [0.25, 0.3) is 5.78 Å². The molecule has 0 atom stereocenters. The van der Waals surface area contributed by atoms with Crippen LogP contribution in [0, 0.1) is 0 Å². The molecule has 3 rings (SSSR count). The lowest BCUT2D eigenvalue weighted by Gasteiger charge is -2.01. The molecular weight excluding hydrogens is 216 g/mol. The molecule has 0 aliphatic heterocycles. The molecule has 1 aromatic carbocycles. The molecular formula is C12H8N4O. The van der Waals surface area contributed by atoms with Crippen molar-refractivity contribution >= 4 is 12.1 Å². The molecule has 0 spiro atoms. The van der Waals surface area contributed by atoms with Crippen molar-refractivity contribution in [1.29, 1.82) is 0 Å². The van der Waals surface area contributed by atoms with Gasteiger partial charge in [-0.2, -0.15) is 0 Å². The number of benzene rings is 1. The third kappa shape index (κ3) is 1.57. The fourth-order valence-electron chi connectivity index (χ4n) is 1.67. The normalized spacial score (nSPS) is 10.6. The van der Waals surface area contributed by atoms with Crippen LogP contribution in [0.4, 0.5) is 0 Å². The molecule has 0 unspecified atom stereocenters. The summed E-state index contributed by atoms with van der Waals surface area (Å²) < 4.78 is 1.58. The number of hydrogen-bond acceptors (Lipinski definition) is 4. The molecule has 0 aliphatic rings. The molecule has 82 valence electrons. The van der Waals surface area contributed by atoms with Crippen LogP contribution >= 0.6 is 0 Å². The van der Waals surface area contributed by atoms with E-state index in [0.29, 0.717) is 12.1 Å². The van der Waals surface area contributed by atoms with Crippen LogP contribution in [-0.4, -0.2) is 25.9 Å². The maximum Gasteiger partial charge on any atom is 0.255 e. The highest BCUT2D eigenvalue weighted by Gasteiger charge is 2.06. The zero-order chi connectivity index (χ0) is 11.7. The summed E-state index contributed by atoms with van der Waals surface area (Å²) in [5.74, 6) is 0.678. The molecule has 2 heterocycles. The monoisotopic (exact) mass is 224 g/mol. The highest BCUT2D eigenvalue weighted by molar-refractivity contribution is 5.71. The fraction of sp³-hybridized carbons (Fsp3) is 0. The Hall–Kier alpha value is -2.56. The molecule has 0 amide bonds. The number of carbonyl (C=O) groups is 1. The lowest BCUT2D eigenvalue weighted by atomic mass is 10.1. The molecule has 2 aromatic heterocycles. The van der Waals surface area contributed by atoms with Gasteiger partial charge in [-0.3, -0.25) is 9.20 Å². The van der Waals surface area contributed by atoms with Gasteiger partial charge in [-0.05, 0) is 5.56 Å². The van der Waals surface area contributed by atoms with Crippen molar-refractivity contribution in [3.05, 3.63) is 48.5 Å². The SMILES string of the molecule is O=Cc1nnc2ncc(-c3ccccc3)cn12. The van der Waals surface area contributed by atoms with Gasteiger partial charge in [-0.1, -0.05) is 30.3 Å². The molecule has 0 N–H and O–H groups in total. The van der Waals surface area contributed by atoms with Crippen LogP contribution in [0.5, 0.6) is 0 Å². The summed E-state index contributed by atoms with van der Waals surface area (Å²) >= 11 is 0. The zero-order valence-corrected chi connectivity index (χ0v) is 8.82. The van der Waals surface area contributed by atoms with E-state index in [-0.39, 0.29) is 5.82 Å². The molecule has 17 heavy (non-hydrogen) atoms. The Morgan fingerprint density at radius 3 is 2.65 bits per heavy atom. The molecule has 3 aromatic rings. The molecule has 0 fully saturated rings. The minimum atomic E-state index is 0.255. The lowest BCUT2D eigenvalue weighted by Crippen LogP contribution is -1.94. The first-order valence-corrected chi connectivity index (χ1v) is 5.10. The number of hydrogen-bond donors (Lipinski definition) is 0. The van der Waals surface area contributed by atoms with E-state index in [0.717, 1.165) is 11.1 Å². The van der Waals surface area contributed by atoms with Crippen LogP contribution in [0.2, 0.25) is 0 Å². The third-order valence-electron chi connectivity index (χ3n) is 2.50. The quantitative estimate of drug-likeness (QED) is 0.620. The van der Waals surface area contributed by atoms with Crippen molar-refractivity contribution in [2.24, 2.45) is 0 Å². The average molecular weight is 224 g/mol. The summed E-state index contributed by atoms with van der Waals surface area (Å²) in [4.78, 5) is 14.9. The summed E-state index contributed by atoms with van der Waals surface area (Å²) in [5.41, 5.74) is 1.95. The van der Waals surface area contributed by atoms with Crippen molar-refractivity contribution < 1.29 is 4.79 Å². The van der Waals surface area contributed by atoms with E-state index < -0.39 is 0 Å². The predicted octanol–water partition coefficient (Wildman–Crippen LogP) is 1.60. The summed E-state index contributed by atoms with van der Waals surface area (Å²) in [7, 11) is 0. The van der Waals surface area contributed by atoms with Crippen molar-refractivity contribution in [3.8, 4) is 11.1 Å². The van der Waals surface area contributed by atoms with Crippen LogP contribution in [-0.2, 0) is 0 Å². The standard InChI is InChI=1S/C12H8N4O/c17-8-11-14-15-12-13-6-10(7-16(11)12)9-4-2-1-3-5-9/h1-8H. The second kappa shape index (κ2) is 3.79. The highest BCUT2D eigenvalue weighted by Crippen LogP contribution is 2.17. The molecule has 5 heteroatoms. The smallest absolute Gasteiger partial charge is 0.255 e. The van der Waals surface area contributed by atoms with Gasteiger partial charge in [-0.25, -0.2) is 4.98 Å². The van der Waals surface area contributed by atoms with E-state index in [1.165, 1.54) is 0 Å². The number of aldehydes is 1. The first-order chi connectivity index (χ1) is 8.38.